The molecule has 1 saturated carbocycles. The molecule has 0 radical (unpaired) electrons. The molecule has 0 aromatic carbocycles. The molecule has 0 bridgehead atoms. The van der Waals surface area contributed by atoms with Gasteiger partial charge in [0, 0.05) is 0 Å². The Morgan fingerprint density at radius 2 is 2.23 bits per heavy atom. The molecule has 1 aliphatic heterocycles. The van der Waals surface area contributed by atoms with Gasteiger partial charge in [0.05, 0.1) is 6.33 Å². The standard InChI is InChI=1S/C11H11F2N5O4/c1-9(12)7(22-11(13)6(20)10(9,11)21)18-2-15-3-4(18)16-8(14)17-5(3)19/h2,6-7,20-21H,1H3,(H3,14,16,17,19)/t6?,7-,9+,10-,11-/m1/s1. The zero-order valence-corrected chi connectivity index (χ0v) is 11.1. The highest BCUT2D eigenvalue weighted by Gasteiger charge is 2.94. The van der Waals surface area contributed by atoms with Crippen LogP contribution < -0.4 is 11.3 Å². The first-order chi connectivity index (χ1) is 10.1. The lowest BCUT2D eigenvalue weighted by molar-refractivity contribution is -0.159. The molecule has 0 amide bonds. The van der Waals surface area contributed by atoms with Crippen LogP contribution in [0.1, 0.15) is 13.2 Å². The Balaban J connectivity index is 1.90. The van der Waals surface area contributed by atoms with Gasteiger partial charge in [0.2, 0.25) is 5.95 Å². The van der Waals surface area contributed by atoms with E-state index in [9.17, 15) is 23.8 Å². The zero-order chi connectivity index (χ0) is 16.1. The van der Waals surface area contributed by atoms with Gasteiger partial charge in [-0.05, 0) is 6.92 Å². The molecule has 11 heteroatoms. The van der Waals surface area contributed by atoms with Crippen LogP contribution in [0.3, 0.4) is 0 Å². The van der Waals surface area contributed by atoms with E-state index in [1.54, 1.807) is 0 Å². The Morgan fingerprint density at radius 3 is 2.82 bits per heavy atom. The number of ether oxygens (including phenoxy) is 1. The number of nitrogens with two attached hydrogens (primary N) is 1. The third kappa shape index (κ3) is 1.18. The molecule has 118 valence electrons. The number of nitrogen functional groups attached to an aromatic ring is 1. The fourth-order valence-electron chi connectivity index (χ4n) is 3.03. The van der Waals surface area contributed by atoms with E-state index < -0.39 is 35.0 Å². The number of aliphatic hydroxyl groups excluding tert-OH is 1. The number of aliphatic hydroxyl groups is 2. The number of nitrogens with zero attached hydrogens (tertiary/aromatic N) is 3. The van der Waals surface area contributed by atoms with Gasteiger partial charge in [-0.2, -0.15) is 4.98 Å². The van der Waals surface area contributed by atoms with Gasteiger partial charge in [-0.3, -0.25) is 14.3 Å². The topological polar surface area (TPSA) is 139 Å². The van der Waals surface area contributed by atoms with E-state index in [0.29, 0.717) is 0 Å². The van der Waals surface area contributed by atoms with E-state index in [2.05, 4.69) is 15.0 Å². The van der Waals surface area contributed by atoms with Crippen molar-refractivity contribution in [2.75, 3.05) is 5.73 Å². The lowest BCUT2D eigenvalue weighted by atomic mass is 9.97. The number of H-pyrrole nitrogens is 1. The quantitative estimate of drug-likeness (QED) is 0.514. The fourth-order valence-corrected chi connectivity index (χ4v) is 3.03. The smallest absolute Gasteiger partial charge is 0.280 e. The van der Waals surface area contributed by atoms with Gasteiger partial charge in [-0.15, -0.1) is 0 Å². The summed E-state index contributed by atoms with van der Waals surface area (Å²) in [6.07, 6.45) is -2.65. The van der Waals surface area contributed by atoms with Crippen LogP contribution in [0, 0.1) is 0 Å². The van der Waals surface area contributed by atoms with Gasteiger partial charge in [0.1, 0.15) is 0 Å². The second-order valence-electron chi connectivity index (χ2n) is 5.63. The van der Waals surface area contributed by atoms with Crippen molar-refractivity contribution in [1.29, 1.82) is 0 Å². The third-order valence-electron chi connectivity index (χ3n) is 4.38. The first-order valence-corrected chi connectivity index (χ1v) is 6.33. The average Bonchev–Trinajstić information content (AvgIpc) is 2.77. The number of alkyl halides is 2. The second kappa shape index (κ2) is 3.45. The summed E-state index contributed by atoms with van der Waals surface area (Å²) in [7, 11) is 0. The Bertz CT molecular complexity index is 866. The molecule has 1 saturated heterocycles. The molecule has 22 heavy (non-hydrogen) atoms. The number of aromatic nitrogens is 4. The minimum Gasteiger partial charge on any atom is -0.384 e. The maximum Gasteiger partial charge on any atom is 0.280 e. The lowest BCUT2D eigenvalue weighted by Gasteiger charge is -2.28. The van der Waals surface area contributed by atoms with Gasteiger partial charge >= 0.3 is 0 Å². The highest BCUT2D eigenvalue weighted by molar-refractivity contribution is 5.70. The van der Waals surface area contributed by atoms with Crippen LogP contribution in [0.2, 0.25) is 0 Å². The van der Waals surface area contributed by atoms with Gasteiger partial charge in [-0.25, -0.2) is 13.8 Å². The average molecular weight is 315 g/mol. The number of rotatable bonds is 1. The molecule has 1 unspecified atom stereocenters. The van der Waals surface area contributed by atoms with E-state index in [1.165, 1.54) is 0 Å². The number of hydrogen-bond acceptors (Lipinski definition) is 7. The van der Waals surface area contributed by atoms with E-state index in [4.69, 9.17) is 10.5 Å². The van der Waals surface area contributed by atoms with E-state index in [1.807, 2.05) is 0 Å². The van der Waals surface area contributed by atoms with Crippen molar-refractivity contribution in [1.82, 2.24) is 19.5 Å². The van der Waals surface area contributed by atoms with Crippen molar-refractivity contribution in [2.45, 2.75) is 36.4 Å². The number of fused-ring (bicyclic) bond motifs is 2. The van der Waals surface area contributed by atoms with Crippen LogP contribution >= 0.6 is 0 Å². The highest BCUT2D eigenvalue weighted by Crippen LogP contribution is 2.69. The predicted octanol–water partition coefficient (Wildman–Crippen LogP) is -1.27. The van der Waals surface area contributed by atoms with Gasteiger partial charge in [-0.1, -0.05) is 0 Å². The van der Waals surface area contributed by atoms with Crippen molar-refractivity contribution in [2.24, 2.45) is 0 Å². The van der Waals surface area contributed by atoms with Crippen molar-refractivity contribution >= 4 is 17.1 Å². The SMILES string of the molecule is C[C@]1(F)[C@H](n2cnc3c(=O)[nH]c(N)nc32)O[C@]2(F)C(O)[C@@]12O. The van der Waals surface area contributed by atoms with Gasteiger partial charge in [0.15, 0.2) is 34.8 Å². The van der Waals surface area contributed by atoms with Crippen LogP contribution in [-0.4, -0.2) is 53.0 Å². The van der Waals surface area contributed by atoms with Crippen LogP contribution in [0.25, 0.3) is 11.2 Å². The van der Waals surface area contributed by atoms with Crippen LogP contribution in [0.5, 0.6) is 0 Å². The minimum atomic E-state index is -2.93. The van der Waals surface area contributed by atoms with Crippen molar-refractivity contribution in [3.05, 3.63) is 16.7 Å². The van der Waals surface area contributed by atoms with Crippen LogP contribution in [0.15, 0.2) is 11.1 Å². The number of aromatic amines is 1. The molecular weight excluding hydrogens is 304 g/mol. The maximum atomic E-state index is 14.9. The van der Waals surface area contributed by atoms with Crippen molar-refractivity contribution in [3.8, 4) is 0 Å². The molecule has 4 rings (SSSR count). The summed E-state index contributed by atoms with van der Waals surface area (Å²) in [6, 6.07) is 0. The van der Waals surface area contributed by atoms with E-state index >= 15 is 0 Å². The molecule has 1 aliphatic carbocycles. The monoisotopic (exact) mass is 315 g/mol. The lowest BCUT2D eigenvalue weighted by Crippen LogP contribution is -2.44. The summed E-state index contributed by atoms with van der Waals surface area (Å²) in [5.41, 5.74) is -0.888. The fraction of sp³-hybridized carbons (Fsp3) is 0.545. The summed E-state index contributed by atoms with van der Waals surface area (Å²) in [5, 5.41) is 19.4. The largest absolute Gasteiger partial charge is 0.384 e. The summed E-state index contributed by atoms with van der Waals surface area (Å²) < 4.78 is 35.0. The summed E-state index contributed by atoms with van der Waals surface area (Å²) in [6.45, 7) is 0.886. The van der Waals surface area contributed by atoms with E-state index in [-0.39, 0.29) is 17.1 Å². The Morgan fingerprint density at radius 1 is 1.55 bits per heavy atom. The molecule has 9 nitrogen and oxygen atoms in total. The van der Waals surface area contributed by atoms with Crippen LogP contribution in [-0.2, 0) is 4.74 Å². The highest BCUT2D eigenvalue weighted by atomic mass is 19.2. The molecular formula is C11H11F2N5O4. The number of halogens is 2. The Kier molecular flexibility index (Phi) is 2.12. The van der Waals surface area contributed by atoms with Crippen molar-refractivity contribution in [3.63, 3.8) is 0 Å². The third-order valence-corrected chi connectivity index (χ3v) is 4.38. The first kappa shape index (κ1) is 13.5. The normalized spacial score (nSPS) is 43.5. The Hall–Kier alpha value is -2.11. The van der Waals surface area contributed by atoms with Gasteiger partial charge in [0.25, 0.3) is 11.4 Å². The summed E-state index contributed by atoms with van der Waals surface area (Å²) in [5.74, 6) is -3.17. The first-order valence-electron chi connectivity index (χ1n) is 6.33. The summed E-state index contributed by atoms with van der Waals surface area (Å²) >= 11 is 0. The van der Waals surface area contributed by atoms with Gasteiger partial charge < -0.3 is 20.7 Å². The number of nitrogens with one attached hydrogen (secondary N) is 1. The Labute approximate surface area is 120 Å². The molecule has 2 aliphatic rings. The molecule has 2 aromatic rings. The minimum absolute atomic E-state index is 0.127. The molecule has 5 N–H and O–H groups in total. The van der Waals surface area contributed by atoms with E-state index in [0.717, 1.165) is 17.8 Å². The zero-order valence-electron chi connectivity index (χ0n) is 11.1. The predicted molar refractivity (Wildman–Crippen MR) is 67.0 cm³/mol. The van der Waals surface area contributed by atoms with Crippen LogP contribution in [0.4, 0.5) is 14.7 Å². The number of imidazole rings is 1. The molecule has 2 aromatic heterocycles. The molecule has 0 spiro atoms. The number of anilines is 1. The molecule has 2 fully saturated rings. The molecule has 5 atom stereocenters. The summed E-state index contributed by atoms with van der Waals surface area (Å²) in [4.78, 5) is 21.5. The second-order valence-corrected chi connectivity index (χ2v) is 5.63. The number of hydrogen-bond donors (Lipinski definition) is 4. The maximum absolute atomic E-state index is 14.9. The van der Waals surface area contributed by atoms with Crippen molar-refractivity contribution < 1.29 is 23.7 Å². The molecule has 3 heterocycles.